The van der Waals surface area contributed by atoms with Gasteiger partial charge in [-0.2, -0.15) is 4.98 Å². The molecule has 2 heterocycles. The third kappa shape index (κ3) is 4.28. The van der Waals surface area contributed by atoms with Crippen molar-refractivity contribution >= 4 is 6.03 Å². The maximum Gasteiger partial charge on any atom is 0.317 e. The van der Waals surface area contributed by atoms with Crippen LogP contribution in [0.2, 0.25) is 0 Å². The molecule has 2 aliphatic rings. The first kappa shape index (κ1) is 17.9. The highest BCUT2D eigenvalue weighted by Crippen LogP contribution is 2.28. The van der Waals surface area contributed by atoms with Crippen molar-refractivity contribution in [2.75, 3.05) is 13.1 Å². The third-order valence-corrected chi connectivity index (χ3v) is 5.53. The Hall–Kier alpha value is -2.44. The Bertz CT molecular complexity index is 771. The normalized spacial score (nSPS) is 21.2. The standard InChI is InChI=1S/C20H25FN4O2/c21-16-10-8-14(9-11-16)18-23-19(27-24-18)15-5-4-12-25(13-15)20(26)22-17-6-2-1-3-7-17/h8-11,15,17H,1-7,12-13H2,(H,22,26). The van der Waals surface area contributed by atoms with Gasteiger partial charge in [0, 0.05) is 24.7 Å². The number of nitrogens with one attached hydrogen (secondary N) is 1. The molecular formula is C20H25FN4O2. The Morgan fingerprint density at radius 1 is 1.11 bits per heavy atom. The van der Waals surface area contributed by atoms with Crippen molar-refractivity contribution < 1.29 is 13.7 Å². The molecule has 0 radical (unpaired) electrons. The fraction of sp³-hybridized carbons (Fsp3) is 0.550. The van der Waals surface area contributed by atoms with Gasteiger partial charge in [-0.1, -0.05) is 24.4 Å². The molecule has 1 aliphatic carbocycles. The Balaban J connectivity index is 1.39. The molecule has 6 nitrogen and oxygen atoms in total. The van der Waals surface area contributed by atoms with E-state index in [0.717, 1.165) is 32.2 Å². The molecule has 1 saturated carbocycles. The lowest BCUT2D eigenvalue weighted by Gasteiger charge is -2.33. The van der Waals surface area contributed by atoms with Crippen molar-refractivity contribution in [3.8, 4) is 11.4 Å². The smallest absolute Gasteiger partial charge is 0.317 e. The minimum atomic E-state index is -0.297. The van der Waals surface area contributed by atoms with Gasteiger partial charge < -0.3 is 14.7 Å². The van der Waals surface area contributed by atoms with Crippen LogP contribution in [0.15, 0.2) is 28.8 Å². The molecule has 4 rings (SSSR count). The molecule has 1 atom stereocenters. The fourth-order valence-electron chi connectivity index (χ4n) is 3.99. The van der Waals surface area contributed by atoms with Crippen LogP contribution < -0.4 is 5.32 Å². The van der Waals surface area contributed by atoms with E-state index in [2.05, 4.69) is 15.5 Å². The Labute approximate surface area is 158 Å². The summed E-state index contributed by atoms with van der Waals surface area (Å²) in [6, 6.07) is 6.35. The summed E-state index contributed by atoms with van der Waals surface area (Å²) in [4.78, 5) is 19.0. The molecule has 1 unspecified atom stereocenters. The Morgan fingerprint density at radius 2 is 1.89 bits per heavy atom. The first-order valence-corrected chi connectivity index (χ1v) is 9.84. The van der Waals surface area contributed by atoms with Crippen molar-refractivity contribution in [3.63, 3.8) is 0 Å². The van der Waals surface area contributed by atoms with Gasteiger partial charge in [0.25, 0.3) is 0 Å². The van der Waals surface area contributed by atoms with Crippen molar-refractivity contribution in [1.82, 2.24) is 20.4 Å². The number of urea groups is 1. The Morgan fingerprint density at radius 3 is 2.67 bits per heavy atom. The molecule has 2 aromatic rings. The highest BCUT2D eigenvalue weighted by Gasteiger charge is 2.29. The van der Waals surface area contributed by atoms with Crippen LogP contribution in [0, 0.1) is 5.82 Å². The molecule has 2 fully saturated rings. The monoisotopic (exact) mass is 372 g/mol. The topological polar surface area (TPSA) is 71.3 Å². The fourth-order valence-corrected chi connectivity index (χ4v) is 3.99. The van der Waals surface area contributed by atoms with Crippen LogP contribution in [-0.4, -0.2) is 40.2 Å². The number of piperidine rings is 1. The molecule has 0 bridgehead atoms. The van der Waals surface area contributed by atoms with Crippen LogP contribution in [0.4, 0.5) is 9.18 Å². The van der Waals surface area contributed by atoms with Gasteiger partial charge in [-0.15, -0.1) is 0 Å². The Kier molecular flexibility index (Phi) is 5.36. The van der Waals surface area contributed by atoms with E-state index in [4.69, 9.17) is 4.52 Å². The summed E-state index contributed by atoms with van der Waals surface area (Å²) < 4.78 is 18.5. The van der Waals surface area contributed by atoms with Crippen LogP contribution in [0.25, 0.3) is 11.4 Å². The van der Waals surface area contributed by atoms with E-state index < -0.39 is 0 Å². The number of hydrogen-bond acceptors (Lipinski definition) is 4. The number of nitrogens with zero attached hydrogens (tertiary/aromatic N) is 3. The van der Waals surface area contributed by atoms with Crippen LogP contribution >= 0.6 is 0 Å². The van der Waals surface area contributed by atoms with E-state index in [1.165, 1.54) is 31.4 Å². The number of amides is 2. The largest absolute Gasteiger partial charge is 0.339 e. The molecule has 1 aromatic carbocycles. The summed E-state index contributed by atoms with van der Waals surface area (Å²) in [7, 11) is 0. The van der Waals surface area contributed by atoms with Gasteiger partial charge in [-0.3, -0.25) is 0 Å². The van der Waals surface area contributed by atoms with Crippen molar-refractivity contribution in [3.05, 3.63) is 36.0 Å². The van der Waals surface area contributed by atoms with Gasteiger partial charge >= 0.3 is 6.03 Å². The van der Waals surface area contributed by atoms with Crippen molar-refractivity contribution in [2.45, 2.75) is 56.9 Å². The molecular weight excluding hydrogens is 347 g/mol. The van der Waals surface area contributed by atoms with Gasteiger partial charge in [-0.05, 0) is 49.9 Å². The molecule has 2 amide bonds. The number of carbonyl (C=O) groups excluding carboxylic acids is 1. The minimum Gasteiger partial charge on any atom is -0.339 e. The molecule has 1 N–H and O–H groups in total. The second kappa shape index (κ2) is 8.06. The van der Waals surface area contributed by atoms with Crippen molar-refractivity contribution in [2.24, 2.45) is 0 Å². The van der Waals surface area contributed by atoms with E-state index in [1.54, 1.807) is 12.1 Å². The number of carbonyl (C=O) groups is 1. The third-order valence-electron chi connectivity index (χ3n) is 5.53. The minimum absolute atomic E-state index is 0.0184. The number of hydrogen-bond donors (Lipinski definition) is 1. The first-order chi connectivity index (χ1) is 13.2. The molecule has 7 heteroatoms. The van der Waals surface area contributed by atoms with Gasteiger partial charge in [0.1, 0.15) is 5.82 Å². The number of likely N-dealkylation sites (tertiary alicyclic amines) is 1. The van der Waals surface area contributed by atoms with Gasteiger partial charge in [0.15, 0.2) is 0 Å². The lowest BCUT2D eigenvalue weighted by atomic mass is 9.95. The van der Waals surface area contributed by atoms with E-state index >= 15 is 0 Å². The number of rotatable bonds is 3. The second-order valence-corrected chi connectivity index (χ2v) is 7.53. The highest BCUT2D eigenvalue weighted by atomic mass is 19.1. The lowest BCUT2D eigenvalue weighted by molar-refractivity contribution is 0.166. The van der Waals surface area contributed by atoms with Crippen molar-refractivity contribution in [1.29, 1.82) is 0 Å². The van der Waals surface area contributed by atoms with E-state index in [1.807, 2.05) is 4.90 Å². The SMILES string of the molecule is O=C(NC1CCCCC1)N1CCCC(c2nc(-c3ccc(F)cc3)no2)C1. The van der Waals surface area contributed by atoms with E-state index in [-0.39, 0.29) is 17.8 Å². The summed E-state index contributed by atoms with van der Waals surface area (Å²) in [5.74, 6) is 0.741. The number of halogens is 1. The molecule has 1 aliphatic heterocycles. The average molecular weight is 372 g/mol. The zero-order valence-electron chi connectivity index (χ0n) is 15.4. The quantitative estimate of drug-likeness (QED) is 0.881. The summed E-state index contributed by atoms with van der Waals surface area (Å²) in [6.45, 7) is 1.34. The molecule has 1 saturated heterocycles. The predicted molar refractivity (Wildman–Crippen MR) is 98.6 cm³/mol. The molecule has 144 valence electrons. The molecule has 27 heavy (non-hydrogen) atoms. The maximum absolute atomic E-state index is 13.1. The van der Waals surface area contributed by atoms with Gasteiger partial charge in [-0.25, -0.2) is 9.18 Å². The zero-order chi connectivity index (χ0) is 18.6. The van der Waals surface area contributed by atoms with Gasteiger partial charge in [0.2, 0.25) is 11.7 Å². The highest BCUT2D eigenvalue weighted by molar-refractivity contribution is 5.74. The summed E-state index contributed by atoms with van der Waals surface area (Å²) in [5.41, 5.74) is 0.717. The average Bonchev–Trinajstić information content (AvgIpc) is 3.20. The van der Waals surface area contributed by atoms with Crippen LogP contribution in [0.5, 0.6) is 0 Å². The second-order valence-electron chi connectivity index (χ2n) is 7.53. The van der Waals surface area contributed by atoms with Crippen LogP contribution in [0.1, 0.15) is 56.8 Å². The summed E-state index contributed by atoms with van der Waals surface area (Å²) in [5, 5.41) is 7.21. The molecule has 0 spiro atoms. The van der Waals surface area contributed by atoms with Crippen LogP contribution in [0.3, 0.4) is 0 Å². The number of aromatic nitrogens is 2. The van der Waals surface area contributed by atoms with Gasteiger partial charge in [0.05, 0.1) is 5.92 Å². The van der Waals surface area contributed by atoms with Crippen LogP contribution in [-0.2, 0) is 0 Å². The summed E-state index contributed by atoms with van der Waals surface area (Å²) in [6.07, 6.45) is 7.64. The maximum atomic E-state index is 13.1. The predicted octanol–water partition coefficient (Wildman–Crippen LogP) is 4.10. The summed E-state index contributed by atoms with van der Waals surface area (Å²) >= 11 is 0. The van der Waals surface area contributed by atoms with E-state index in [9.17, 15) is 9.18 Å². The molecule has 1 aromatic heterocycles. The first-order valence-electron chi connectivity index (χ1n) is 9.84. The zero-order valence-corrected chi connectivity index (χ0v) is 15.4. The lowest BCUT2D eigenvalue weighted by Crippen LogP contribution is -2.48. The number of benzene rings is 1. The van der Waals surface area contributed by atoms with E-state index in [0.29, 0.717) is 29.9 Å².